The van der Waals surface area contributed by atoms with Crippen LogP contribution in [0.3, 0.4) is 0 Å². The van der Waals surface area contributed by atoms with Crippen LogP contribution in [0.4, 0.5) is 5.82 Å². The summed E-state index contributed by atoms with van der Waals surface area (Å²) in [5.41, 5.74) is 6.65. The van der Waals surface area contributed by atoms with Gasteiger partial charge in [-0.1, -0.05) is 48.0 Å². The van der Waals surface area contributed by atoms with Gasteiger partial charge in [-0.2, -0.15) is 5.10 Å². The summed E-state index contributed by atoms with van der Waals surface area (Å²) < 4.78 is 1.99. The molecule has 134 valence electrons. The molecule has 27 heavy (non-hydrogen) atoms. The van der Waals surface area contributed by atoms with E-state index in [4.69, 9.17) is 0 Å². The van der Waals surface area contributed by atoms with E-state index in [2.05, 4.69) is 70.9 Å². The van der Waals surface area contributed by atoms with E-state index < -0.39 is 0 Å². The van der Waals surface area contributed by atoms with Gasteiger partial charge in [0, 0.05) is 18.3 Å². The highest BCUT2D eigenvalue weighted by molar-refractivity contribution is 5.65. The third kappa shape index (κ3) is 3.90. The number of hydrogen-bond acceptors (Lipinski definition) is 3. The van der Waals surface area contributed by atoms with Crippen molar-refractivity contribution in [3.63, 3.8) is 0 Å². The Morgan fingerprint density at radius 1 is 0.889 bits per heavy atom. The minimum absolute atomic E-state index is 0.744. The molecule has 0 aliphatic heterocycles. The maximum absolute atomic E-state index is 4.69. The van der Waals surface area contributed by atoms with Gasteiger partial charge in [0.25, 0.3) is 0 Å². The van der Waals surface area contributed by atoms with Crippen molar-refractivity contribution in [2.24, 2.45) is 0 Å². The van der Waals surface area contributed by atoms with Crippen molar-refractivity contribution in [1.29, 1.82) is 0 Å². The highest BCUT2D eigenvalue weighted by Gasteiger charge is 2.11. The highest BCUT2D eigenvalue weighted by atomic mass is 15.3. The summed E-state index contributed by atoms with van der Waals surface area (Å²) in [6.07, 6.45) is 1.84. The van der Waals surface area contributed by atoms with Crippen LogP contribution in [0.2, 0.25) is 0 Å². The van der Waals surface area contributed by atoms with Gasteiger partial charge in [0.2, 0.25) is 0 Å². The predicted molar refractivity (Wildman–Crippen MR) is 110 cm³/mol. The SMILES string of the molecule is Cc1ccc(-n2nc(C)cc2-c2ccnc(NCc3ccccc3)c2)cc1. The monoisotopic (exact) mass is 354 g/mol. The summed E-state index contributed by atoms with van der Waals surface area (Å²) in [7, 11) is 0. The molecule has 2 aromatic carbocycles. The minimum Gasteiger partial charge on any atom is -0.366 e. The molecular weight excluding hydrogens is 332 g/mol. The maximum atomic E-state index is 4.69. The first-order chi connectivity index (χ1) is 13.2. The number of aromatic nitrogens is 3. The van der Waals surface area contributed by atoms with Gasteiger partial charge in [-0.25, -0.2) is 9.67 Å². The molecule has 4 nitrogen and oxygen atoms in total. The second kappa shape index (κ2) is 7.46. The van der Waals surface area contributed by atoms with Crippen LogP contribution in [0.5, 0.6) is 0 Å². The van der Waals surface area contributed by atoms with Crippen LogP contribution in [0.25, 0.3) is 16.9 Å². The van der Waals surface area contributed by atoms with Crippen molar-refractivity contribution in [2.45, 2.75) is 20.4 Å². The molecule has 0 spiro atoms. The fourth-order valence-electron chi connectivity index (χ4n) is 3.06. The van der Waals surface area contributed by atoms with Crippen LogP contribution >= 0.6 is 0 Å². The third-order valence-corrected chi connectivity index (χ3v) is 4.48. The number of benzene rings is 2. The zero-order valence-corrected chi connectivity index (χ0v) is 15.6. The van der Waals surface area contributed by atoms with Crippen molar-refractivity contribution in [3.8, 4) is 16.9 Å². The first kappa shape index (κ1) is 17.0. The Balaban J connectivity index is 1.63. The van der Waals surface area contributed by atoms with Crippen LogP contribution < -0.4 is 5.32 Å². The molecule has 0 bridgehead atoms. The Bertz CT molecular complexity index is 1030. The van der Waals surface area contributed by atoms with Crippen molar-refractivity contribution in [1.82, 2.24) is 14.8 Å². The summed E-state index contributed by atoms with van der Waals surface area (Å²) in [5.74, 6) is 0.852. The highest BCUT2D eigenvalue weighted by Crippen LogP contribution is 2.25. The number of anilines is 1. The molecule has 0 radical (unpaired) electrons. The fourth-order valence-corrected chi connectivity index (χ4v) is 3.06. The lowest BCUT2D eigenvalue weighted by atomic mass is 10.1. The minimum atomic E-state index is 0.744. The normalized spacial score (nSPS) is 10.7. The Morgan fingerprint density at radius 2 is 1.67 bits per heavy atom. The van der Waals surface area contributed by atoms with Crippen molar-refractivity contribution in [2.75, 3.05) is 5.32 Å². The summed E-state index contributed by atoms with van der Waals surface area (Å²) in [6.45, 7) is 4.85. The van der Waals surface area contributed by atoms with Gasteiger partial charge < -0.3 is 5.32 Å². The van der Waals surface area contributed by atoms with Gasteiger partial charge >= 0.3 is 0 Å². The molecule has 4 rings (SSSR count). The van der Waals surface area contributed by atoms with Gasteiger partial charge in [0.15, 0.2) is 0 Å². The molecule has 0 unspecified atom stereocenters. The largest absolute Gasteiger partial charge is 0.366 e. The smallest absolute Gasteiger partial charge is 0.126 e. The number of nitrogens with one attached hydrogen (secondary N) is 1. The van der Waals surface area contributed by atoms with E-state index in [0.29, 0.717) is 0 Å². The Hall–Kier alpha value is -3.40. The molecule has 0 aliphatic rings. The maximum Gasteiger partial charge on any atom is 0.126 e. The quantitative estimate of drug-likeness (QED) is 0.538. The number of pyridine rings is 1. The summed E-state index contributed by atoms with van der Waals surface area (Å²) in [6, 6.07) is 24.9. The molecule has 4 aromatic rings. The van der Waals surface area contributed by atoms with Crippen molar-refractivity contribution < 1.29 is 0 Å². The van der Waals surface area contributed by atoms with Crippen LogP contribution in [0, 0.1) is 13.8 Å². The molecule has 0 aliphatic carbocycles. The van der Waals surface area contributed by atoms with Gasteiger partial charge in [-0.3, -0.25) is 0 Å². The van der Waals surface area contributed by atoms with E-state index in [1.165, 1.54) is 11.1 Å². The lowest BCUT2D eigenvalue weighted by molar-refractivity contribution is 0.868. The van der Waals surface area contributed by atoms with E-state index >= 15 is 0 Å². The topological polar surface area (TPSA) is 42.7 Å². The Morgan fingerprint density at radius 3 is 2.44 bits per heavy atom. The zero-order chi connectivity index (χ0) is 18.6. The standard InChI is InChI=1S/C23H22N4/c1-17-8-10-21(11-9-17)27-22(14-18(2)26-27)20-12-13-24-23(15-20)25-16-19-6-4-3-5-7-19/h3-15H,16H2,1-2H3,(H,24,25). The number of nitrogens with zero attached hydrogens (tertiary/aromatic N) is 3. The lowest BCUT2D eigenvalue weighted by Crippen LogP contribution is -2.02. The molecular formula is C23H22N4. The first-order valence-corrected chi connectivity index (χ1v) is 9.07. The summed E-state index contributed by atoms with van der Waals surface area (Å²) in [5, 5.41) is 8.09. The first-order valence-electron chi connectivity index (χ1n) is 9.07. The molecule has 0 saturated carbocycles. The average molecular weight is 354 g/mol. The zero-order valence-electron chi connectivity index (χ0n) is 15.6. The third-order valence-electron chi connectivity index (χ3n) is 4.48. The van der Waals surface area contributed by atoms with Crippen LogP contribution in [-0.4, -0.2) is 14.8 Å². The average Bonchev–Trinajstić information content (AvgIpc) is 3.10. The molecule has 0 saturated heterocycles. The Kier molecular flexibility index (Phi) is 4.71. The number of rotatable bonds is 5. The number of hydrogen-bond donors (Lipinski definition) is 1. The second-order valence-electron chi connectivity index (χ2n) is 6.69. The summed E-state index contributed by atoms with van der Waals surface area (Å²) >= 11 is 0. The van der Waals surface area contributed by atoms with Crippen LogP contribution in [0.1, 0.15) is 16.8 Å². The lowest BCUT2D eigenvalue weighted by Gasteiger charge is -2.10. The second-order valence-corrected chi connectivity index (χ2v) is 6.69. The van der Waals surface area contributed by atoms with E-state index in [-0.39, 0.29) is 0 Å². The van der Waals surface area contributed by atoms with Gasteiger partial charge in [0.05, 0.1) is 17.1 Å². The molecule has 1 N–H and O–H groups in total. The van der Waals surface area contributed by atoms with Gasteiger partial charge in [-0.05, 0) is 49.7 Å². The molecule has 2 heterocycles. The Labute approximate surface area is 159 Å². The van der Waals surface area contributed by atoms with Crippen molar-refractivity contribution >= 4 is 5.82 Å². The molecule has 0 atom stereocenters. The predicted octanol–water partition coefficient (Wildman–Crippen LogP) is 5.16. The van der Waals surface area contributed by atoms with Gasteiger partial charge in [0.1, 0.15) is 5.82 Å². The van der Waals surface area contributed by atoms with E-state index in [0.717, 1.165) is 35.0 Å². The fraction of sp³-hybridized carbons (Fsp3) is 0.130. The van der Waals surface area contributed by atoms with Gasteiger partial charge in [-0.15, -0.1) is 0 Å². The van der Waals surface area contributed by atoms with E-state index in [9.17, 15) is 0 Å². The van der Waals surface area contributed by atoms with E-state index in [1.54, 1.807) is 0 Å². The van der Waals surface area contributed by atoms with Crippen molar-refractivity contribution in [3.05, 3.63) is 95.8 Å². The molecule has 0 amide bonds. The molecule has 0 fully saturated rings. The van der Waals surface area contributed by atoms with E-state index in [1.807, 2.05) is 42.1 Å². The number of aryl methyl sites for hydroxylation is 2. The summed E-state index contributed by atoms with van der Waals surface area (Å²) in [4.78, 5) is 4.46. The molecule has 4 heteroatoms. The molecule has 2 aromatic heterocycles. The van der Waals surface area contributed by atoms with Crippen LogP contribution in [-0.2, 0) is 6.54 Å². The van der Waals surface area contributed by atoms with Crippen LogP contribution in [0.15, 0.2) is 79.0 Å².